The summed E-state index contributed by atoms with van der Waals surface area (Å²) in [5.74, 6) is -1.86. The van der Waals surface area contributed by atoms with E-state index >= 15 is 8.78 Å². The van der Waals surface area contributed by atoms with Crippen molar-refractivity contribution in [2.45, 2.75) is 69.5 Å². The minimum atomic E-state index is -4.32. The van der Waals surface area contributed by atoms with Gasteiger partial charge in [-0.1, -0.05) is 37.3 Å². The molecule has 0 aliphatic carbocycles. The third-order valence-electron chi connectivity index (χ3n) is 9.30. The normalized spacial score (nSPS) is 24.5. The van der Waals surface area contributed by atoms with Crippen molar-refractivity contribution in [2.24, 2.45) is 5.92 Å². The Bertz CT molecular complexity index is 2610. The Kier molecular flexibility index (Phi) is 13.2. The van der Waals surface area contributed by atoms with Crippen LogP contribution < -0.4 is 16.2 Å². The molecule has 5 aromatic rings. The molecule has 2 fully saturated rings. The number of hydrogen-bond acceptors (Lipinski definition) is 19. The third kappa shape index (κ3) is 9.12. The second-order valence-electron chi connectivity index (χ2n) is 13.7. The quantitative estimate of drug-likeness (QED) is 0.0539. The molecule has 0 radical (unpaired) electrons. The van der Waals surface area contributed by atoms with E-state index in [1.807, 2.05) is 6.07 Å². The summed E-state index contributed by atoms with van der Waals surface area (Å²) in [5, 5.41) is 41.7. The van der Waals surface area contributed by atoms with Crippen LogP contribution in [0, 0.1) is 17.2 Å². The number of nitrogens with one attached hydrogen (secondary N) is 3. The number of imidazole rings is 1. The number of hydrogen-bond donors (Lipinski definition) is 5. The number of halogens is 2. The maximum atomic E-state index is 16.3. The van der Waals surface area contributed by atoms with Gasteiger partial charge in [-0.05, 0) is 23.9 Å². The molecule has 28 heteroatoms. The highest BCUT2D eigenvalue weighted by molar-refractivity contribution is 8.07. The first-order valence-corrected chi connectivity index (χ1v) is 21.0. The number of rotatable bonds is 16. The average Bonchev–Trinajstić information content (AvgIpc) is 4.02. The molecule has 6 heterocycles. The monoisotopic (exact) mass is 904 g/mol. The van der Waals surface area contributed by atoms with E-state index in [1.165, 1.54) is 0 Å². The van der Waals surface area contributed by atoms with Gasteiger partial charge >= 0.3 is 12.9 Å². The van der Waals surface area contributed by atoms with E-state index in [-0.39, 0.29) is 40.5 Å². The number of carbonyl (C=O) groups is 3. The van der Waals surface area contributed by atoms with Crippen LogP contribution in [0.4, 0.5) is 25.3 Å². The molecule has 2 aliphatic heterocycles. The van der Waals surface area contributed by atoms with E-state index in [1.54, 1.807) is 44.2 Å². The lowest BCUT2D eigenvalue weighted by atomic mass is 10.1. The Morgan fingerprint density at radius 3 is 2.50 bits per heavy atom. The van der Waals surface area contributed by atoms with Gasteiger partial charge in [0.05, 0.1) is 38.6 Å². The van der Waals surface area contributed by atoms with Gasteiger partial charge in [-0.15, -0.1) is 5.10 Å². The summed E-state index contributed by atoms with van der Waals surface area (Å²) in [7, 11) is 0. The van der Waals surface area contributed by atoms with Crippen LogP contribution in [-0.2, 0) is 44.4 Å². The van der Waals surface area contributed by atoms with Gasteiger partial charge < -0.3 is 38.8 Å². The first-order valence-electron chi connectivity index (χ1n) is 18.5. The van der Waals surface area contributed by atoms with Gasteiger partial charge in [0.1, 0.15) is 24.6 Å². The summed E-state index contributed by atoms with van der Waals surface area (Å²) in [5.41, 5.74) is -1.11. The third-order valence-corrected chi connectivity index (χ3v) is 11.7. The molecule has 62 heavy (non-hydrogen) atoms. The van der Waals surface area contributed by atoms with Crippen molar-refractivity contribution in [1.29, 1.82) is 5.26 Å². The molecular formula is C34H35F2N12O12PS. The first-order chi connectivity index (χ1) is 29.7. The van der Waals surface area contributed by atoms with Gasteiger partial charge in [0, 0.05) is 11.5 Å². The molecule has 1 aromatic carbocycles. The van der Waals surface area contributed by atoms with Gasteiger partial charge in [0.2, 0.25) is 11.9 Å². The highest BCUT2D eigenvalue weighted by atomic mass is 32.5. The zero-order valence-electron chi connectivity index (χ0n) is 32.2. The molecule has 24 nitrogen and oxygen atoms in total. The topological polar surface area (TPSA) is 315 Å². The van der Waals surface area contributed by atoms with Gasteiger partial charge in [0.15, 0.2) is 59.0 Å². The fourth-order valence-electron chi connectivity index (χ4n) is 6.31. The number of aromatic nitrogens is 9. The minimum absolute atomic E-state index is 0.0740. The smallest absolute Gasteiger partial charge is 0.450 e. The van der Waals surface area contributed by atoms with Crippen molar-refractivity contribution in [2.75, 3.05) is 30.5 Å². The Hall–Kier alpha value is -5.98. The molecule has 5 N–H and O–H groups in total. The number of nitriles is 1. The largest absolute Gasteiger partial charge is 0.506 e. The molecule has 2 aliphatic rings. The van der Waals surface area contributed by atoms with Crippen molar-refractivity contribution < 1.29 is 61.2 Å². The summed E-state index contributed by atoms with van der Waals surface area (Å²) in [4.78, 5) is 68.8. The summed E-state index contributed by atoms with van der Waals surface area (Å²) in [6.45, 7) is -3.20. The number of alkyl halides is 2. The fourth-order valence-corrected chi connectivity index (χ4v) is 8.37. The van der Waals surface area contributed by atoms with E-state index in [2.05, 4.69) is 45.9 Å². The highest BCUT2D eigenvalue weighted by Crippen LogP contribution is 2.55. The van der Waals surface area contributed by atoms with Crippen LogP contribution in [0.2, 0.25) is 0 Å². The number of amides is 2. The number of benzene rings is 1. The summed E-state index contributed by atoms with van der Waals surface area (Å²) < 4.78 is 68.5. The predicted octanol–water partition coefficient (Wildman–Crippen LogP) is 2.28. The van der Waals surface area contributed by atoms with Crippen LogP contribution >= 0.6 is 6.72 Å². The van der Waals surface area contributed by atoms with Crippen molar-refractivity contribution in [1.82, 2.24) is 44.5 Å². The molecule has 1 unspecified atom stereocenters. The van der Waals surface area contributed by atoms with Crippen molar-refractivity contribution >= 4 is 70.6 Å². The second-order valence-corrected chi connectivity index (χ2v) is 16.7. The number of aliphatic hydroxyl groups excluding tert-OH is 1. The summed E-state index contributed by atoms with van der Waals surface area (Å²) >= 11 is 5.64. The number of carboxylic acid groups (broad SMARTS) is 1. The fraction of sp³-hybridized carbons (Fsp3) is 0.441. The maximum absolute atomic E-state index is 16.3. The molecule has 328 valence electrons. The summed E-state index contributed by atoms with van der Waals surface area (Å²) in [6, 6.07) is 9.99. The van der Waals surface area contributed by atoms with E-state index in [4.69, 9.17) is 39.6 Å². The number of carbonyl (C=O) groups excluding carboxylic acids is 2. The van der Waals surface area contributed by atoms with Gasteiger partial charge in [-0.3, -0.25) is 33.8 Å². The number of aromatic amines is 1. The zero-order chi connectivity index (χ0) is 44.3. The van der Waals surface area contributed by atoms with Crippen molar-refractivity contribution in [3.05, 3.63) is 58.9 Å². The number of nitrogens with zero attached hydrogens (tertiary/aromatic N) is 9. The maximum Gasteiger partial charge on any atom is 0.506 e. The predicted molar refractivity (Wildman–Crippen MR) is 208 cm³/mol. The molecular weight excluding hydrogens is 869 g/mol. The first kappa shape index (κ1) is 44.1. The standard InChI is InChI=1S/C34H35F2N12O12PS/c1-15(2)28(50)43-33-42-27-22(30(52)44-33)40-14-47(27)32-24(19(35)17(11-49)57-32)60-61(62,55-10-6-9-37)56-12-18-23(59-34(53)54)20(36)31(58-18)48-26-21(45-46-48)25(38-13-39-26)41-29(51)16-7-4-3-5-8-16/h3-5,7-8,13-15,17-20,23-24,31-32,49H,6,10-12H2,1-2H3,(H,53,54)(H,38,39,41,51)(H2,42,43,44,50,52)/t17-,18-,19-,20+,23-,24-,31-,32-,61?/m1/s1. The van der Waals surface area contributed by atoms with E-state index in [9.17, 15) is 34.7 Å². The molecule has 0 bridgehead atoms. The number of ether oxygens (including phenoxy) is 3. The van der Waals surface area contributed by atoms with Crippen LogP contribution in [0.25, 0.3) is 22.3 Å². The zero-order valence-corrected chi connectivity index (χ0v) is 33.9. The van der Waals surface area contributed by atoms with Crippen molar-refractivity contribution in [3.63, 3.8) is 0 Å². The van der Waals surface area contributed by atoms with Crippen LogP contribution in [0.3, 0.4) is 0 Å². The SMILES string of the molecule is CC(C)C(=O)Nc1nc2c(ncn2[C@@H]2O[C@H](CO)[C@@H](F)[C@H]2OP(=S)(OCCC#N)OC[C@H]2O[C@@H](n3nnc4c(NC(=O)c5ccccc5)ncnc43)[C@@H](F)[C@@H]2OC(=O)O)c(=O)[nH]1. The Morgan fingerprint density at radius 2 is 1.79 bits per heavy atom. The van der Waals surface area contributed by atoms with E-state index in [0.717, 1.165) is 21.9 Å². The minimum Gasteiger partial charge on any atom is -0.450 e. The van der Waals surface area contributed by atoms with Crippen LogP contribution in [0.15, 0.2) is 47.8 Å². The van der Waals surface area contributed by atoms with E-state index < -0.39 is 105 Å². The molecule has 2 saturated heterocycles. The Morgan fingerprint density at radius 1 is 1.03 bits per heavy atom. The molecule has 4 aromatic heterocycles. The molecule has 7 rings (SSSR count). The van der Waals surface area contributed by atoms with Crippen molar-refractivity contribution in [3.8, 4) is 6.07 Å². The summed E-state index contributed by atoms with van der Waals surface area (Å²) in [6.07, 6.45) is -14.7. The van der Waals surface area contributed by atoms with Gasteiger partial charge in [0.25, 0.3) is 11.5 Å². The lowest BCUT2D eigenvalue weighted by Crippen LogP contribution is -2.36. The Balaban J connectivity index is 1.15. The lowest BCUT2D eigenvalue weighted by Gasteiger charge is -2.29. The van der Waals surface area contributed by atoms with E-state index in [0.29, 0.717) is 5.56 Å². The molecule has 9 atom stereocenters. The average molecular weight is 905 g/mol. The van der Waals surface area contributed by atoms with Crippen LogP contribution in [0.1, 0.15) is 43.1 Å². The number of fused-ring (bicyclic) bond motifs is 2. The van der Waals surface area contributed by atoms with Crippen LogP contribution in [-0.4, -0.2) is 129 Å². The Labute approximate surface area is 351 Å². The van der Waals surface area contributed by atoms with Gasteiger partial charge in [-0.2, -0.15) is 14.9 Å². The molecule has 0 saturated carbocycles. The lowest BCUT2D eigenvalue weighted by molar-refractivity contribution is -0.118. The van der Waals surface area contributed by atoms with Gasteiger partial charge in [-0.25, -0.2) is 28.5 Å². The molecule has 2 amide bonds. The molecule has 0 spiro atoms. The highest BCUT2D eigenvalue weighted by Gasteiger charge is 2.53. The van der Waals surface area contributed by atoms with Crippen LogP contribution in [0.5, 0.6) is 0 Å². The number of anilines is 2. The number of H-pyrrole nitrogens is 1. The number of aliphatic hydroxyl groups is 1. The second kappa shape index (κ2) is 18.6.